The van der Waals surface area contributed by atoms with Crippen molar-refractivity contribution >= 4 is 5.69 Å². The van der Waals surface area contributed by atoms with Crippen LogP contribution < -0.4 is 11.1 Å². The van der Waals surface area contributed by atoms with E-state index in [0.717, 1.165) is 18.5 Å². The highest BCUT2D eigenvalue weighted by molar-refractivity contribution is 5.46. The summed E-state index contributed by atoms with van der Waals surface area (Å²) < 4.78 is 0. The molecule has 0 spiro atoms. The third-order valence-corrected chi connectivity index (χ3v) is 4.67. The lowest BCUT2D eigenvalue weighted by molar-refractivity contribution is 0.382. The van der Waals surface area contributed by atoms with Gasteiger partial charge >= 0.3 is 0 Å². The zero-order chi connectivity index (χ0) is 15.4. The molecule has 22 heavy (non-hydrogen) atoms. The number of hydrogen-bond donors (Lipinski definition) is 2. The van der Waals surface area contributed by atoms with Gasteiger partial charge in [-0.15, -0.1) is 0 Å². The molecule has 2 heteroatoms. The van der Waals surface area contributed by atoms with E-state index in [9.17, 15) is 0 Å². The highest BCUT2D eigenvalue weighted by Gasteiger charge is 2.21. The molecular formula is C20H26N2. The molecule has 0 aliphatic heterocycles. The van der Waals surface area contributed by atoms with Crippen LogP contribution in [-0.2, 0) is 12.8 Å². The molecule has 0 bridgehead atoms. The first-order valence-corrected chi connectivity index (χ1v) is 8.44. The Bertz CT molecular complexity index is 606. The van der Waals surface area contributed by atoms with Crippen LogP contribution in [0, 0.1) is 0 Å². The van der Waals surface area contributed by atoms with Gasteiger partial charge in [0.25, 0.3) is 0 Å². The summed E-state index contributed by atoms with van der Waals surface area (Å²) in [6, 6.07) is 18.2. The van der Waals surface area contributed by atoms with E-state index in [4.69, 9.17) is 5.73 Å². The highest BCUT2D eigenvalue weighted by atomic mass is 15.0. The molecule has 2 atom stereocenters. The van der Waals surface area contributed by atoms with E-state index in [1.54, 1.807) is 0 Å². The predicted molar refractivity (Wildman–Crippen MR) is 93.9 cm³/mol. The van der Waals surface area contributed by atoms with Crippen LogP contribution in [0.25, 0.3) is 0 Å². The summed E-state index contributed by atoms with van der Waals surface area (Å²) >= 11 is 0. The monoisotopic (exact) mass is 294 g/mol. The Hall–Kier alpha value is -1.80. The van der Waals surface area contributed by atoms with Crippen molar-refractivity contribution in [2.24, 2.45) is 0 Å². The summed E-state index contributed by atoms with van der Waals surface area (Å²) in [5, 5.41) is 3.89. The number of benzene rings is 2. The van der Waals surface area contributed by atoms with Crippen LogP contribution in [-0.4, -0.2) is 6.04 Å². The van der Waals surface area contributed by atoms with Crippen molar-refractivity contribution < 1.29 is 0 Å². The number of anilines is 1. The maximum atomic E-state index is 5.95. The minimum Gasteiger partial charge on any atom is -0.399 e. The van der Waals surface area contributed by atoms with Gasteiger partial charge in [-0.05, 0) is 54.5 Å². The zero-order valence-corrected chi connectivity index (χ0v) is 13.4. The van der Waals surface area contributed by atoms with Gasteiger partial charge in [-0.1, -0.05) is 49.7 Å². The van der Waals surface area contributed by atoms with Crippen molar-refractivity contribution in [1.29, 1.82) is 0 Å². The molecule has 0 saturated carbocycles. The molecule has 3 N–H and O–H groups in total. The van der Waals surface area contributed by atoms with E-state index in [1.165, 1.54) is 36.0 Å². The zero-order valence-electron chi connectivity index (χ0n) is 13.4. The molecule has 0 radical (unpaired) electrons. The third kappa shape index (κ3) is 3.50. The maximum absolute atomic E-state index is 5.95. The number of nitrogens with one attached hydrogen (secondary N) is 1. The summed E-state index contributed by atoms with van der Waals surface area (Å²) in [4.78, 5) is 0. The van der Waals surface area contributed by atoms with Gasteiger partial charge in [-0.3, -0.25) is 0 Å². The minimum atomic E-state index is 0.457. The Kier molecular flexibility index (Phi) is 4.79. The fraction of sp³-hybridized carbons (Fsp3) is 0.400. The van der Waals surface area contributed by atoms with Crippen LogP contribution in [0.1, 0.15) is 48.9 Å². The maximum Gasteiger partial charge on any atom is 0.0322 e. The largest absolute Gasteiger partial charge is 0.399 e. The van der Waals surface area contributed by atoms with Crippen LogP contribution in [0.15, 0.2) is 48.5 Å². The van der Waals surface area contributed by atoms with Crippen LogP contribution >= 0.6 is 0 Å². The summed E-state index contributed by atoms with van der Waals surface area (Å²) in [5.74, 6) is 0. The van der Waals surface area contributed by atoms with Crippen LogP contribution in [0.3, 0.4) is 0 Å². The Morgan fingerprint density at radius 3 is 2.73 bits per heavy atom. The fourth-order valence-electron chi connectivity index (χ4n) is 3.52. The second-order valence-corrected chi connectivity index (χ2v) is 6.39. The number of nitrogen functional groups attached to an aromatic ring is 1. The average molecular weight is 294 g/mol. The molecule has 116 valence electrons. The Morgan fingerprint density at radius 2 is 1.95 bits per heavy atom. The molecule has 2 aromatic rings. The number of rotatable bonds is 5. The third-order valence-electron chi connectivity index (χ3n) is 4.67. The SMILES string of the molecule is CCCC(NC1CCc2ccc(N)cc2C1)c1ccccc1. The van der Waals surface area contributed by atoms with E-state index in [0.29, 0.717) is 12.1 Å². The molecule has 2 aromatic carbocycles. The van der Waals surface area contributed by atoms with Crippen molar-refractivity contribution in [2.75, 3.05) is 5.73 Å². The van der Waals surface area contributed by atoms with Crippen LogP contribution in [0.4, 0.5) is 5.69 Å². The first-order chi connectivity index (χ1) is 10.8. The van der Waals surface area contributed by atoms with Gasteiger partial charge in [0.2, 0.25) is 0 Å². The molecule has 0 saturated heterocycles. The first kappa shape index (κ1) is 15.1. The molecule has 0 amide bonds. The standard InChI is InChI=1S/C20H26N2/c1-2-6-20(16-7-4-3-5-8-16)22-19-12-10-15-9-11-18(21)13-17(15)14-19/h3-5,7-9,11,13,19-20,22H,2,6,10,12,14,21H2,1H3. The van der Waals surface area contributed by atoms with Gasteiger partial charge in [0.1, 0.15) is 0 Å². The lowest BCUT2D eigenvalue weighted by atomic mass is 9.87. The van der Waals surface area contributed by atoms with E-state index >= 15 is 0 Å². The first-order valence-electron chi connectivity index (χ1n) is 8.44. The average Bonchev–Trinajstić information content (AvgIpc) is 2.55. The smallest absolute Gasteiger partial charge is 0.0322 e. The molecule has 2 nitrogen and oxygen atoms in total. The van der Waals surface area contributed by atoms with Crippen molar-refractivity contribution in [3.63, 3.8) is 0 Å². The molecule has 0 fully saturated rings. The number of nitrogens with two attached hydrogens (primary N) is 1. The summed E-state index contributed by atoms with van der Waals surface area (Å²) in [5.41, 5.74) is 11.1. The minimum absolute atomic E-state index is 0.457. The lowest BCUT2D eigenvalue weighted by Crippen LogP contribution is -2.37. The van der Waals surface area contributed by atoms with Gasteiger partial charge in [0.05, 0.1) is 0 Å². The van der Waals surface area contributed by atoms with Crippen molar-refractivity contribution in [3.05, 3.63) is 65.2 Å². The number of fused-ring (bicyclic) bond motifs is 1. The van der Waals surface area contributed by atoms with Gasteiger partial charge < -0.3 is 11.1 Å². The molecule has 1 aliphatic carbocycles. The molecule has 0 heterocycles. The molecule has 2 unspecified atom stereocenters. The van der Waals surface area contributed by atoms with Crippen LogP contribution in [0.2, 0.25) is 0 Å². The second-order valence-electron chi connectivity index (χ2n) is 6.39. The van der Waals surface area contributed by atoms with Crippen LogP contribution in [0.5, 0.6) is 0 Å². The van der Waals surface area contributed by atoms with Gasteiger partial charge in [0, 0.05) is 17.8 Å². The van der Waals surface area contributed by atoms with Crippen molar-refractivity contribution in [3.8, 4) is 0 Å². The van der Waals surface area contributed by atoms with Gasteiger partial charge in [0.15, 0.2) is 0 Å². The van der Waals surface area contributed by atoms with E-state index in [2.05, 4.69) is 54.7 Å². The van der Waals surface area contributed by atoms with Gasteiger partial charge in [-0.25, -0.2) is 0 Å². The normalized spacial score (nSPS) is 18.7. The Balaban J connectivity index is 1.72. The molecular weight excluding hydrogens is 268 g/mol. The molecule has 0 aromatic heterocycles. The second kappa shape index (κ2) is 6.97. The number of hydrogen-bond acceptors (Lipinski definition) is 2. The summed E-state index contributed by atoms with van der Waals surface area (Å²) in [7, 11) is 0. The summed E-state index contributed by atoms with van der Waals surface area (Å²) in [6.45, 7) is 2.26. The van der Waals surface area contributed by atoms with Crippen molar-refractivity contribution in [2.45, 2.75) is 51.1 Å². The van der Waals surface area contributed by atoms with E-state index < -0.39 is 0 Å². The number of aryl methyl sites for hydroxylation is 1. The van der Waals surface area contributed by atoms with Gasteiger partial charge in [-0.2, -0.15) is 0 Å². The van der Waals surface area contributed by atoms with E-state index in [-0.39, 0.29) is 0 Å². The predicted octanol–water partition coefficient (Wildman–Crippen LogP) is 4.26. The quantitative estimate of drug-likeness (QED) is 0.809. The molecule has 3 rings (SSSR count). The fourth-order valence-corrected chi connectivity index (χ4v) is 3.52. The molecule has 1 aliphatic rings. The topological polar surface area (TPSA) is 38.0 Å². The Morgan fingerprint density at radius 1 is 1.14 bits per heavy atom. The lowest BCUT2D eigenvalue weighted by Gasteiger charge is -2.30. The van der Waals surface area contributed by atoms with Crippen molar-refractivity contribution in [1.82, 2.24) is 5.32 Å². The van der Waals surface area contributed by atoms with E-state index in [1.807, 2.05) is 6.07 Å². The highest BCUT2D eigenvalue weighted by Crippen LogP contribution is 2.26. The summed E-state index contributed by atoms with van der Waals surface area (Å²) in [6.07, 6.45) is 5.84. The Labute approximate surface area is 133 Å².